The van der Waals surface area contributed by atoms with Crippen LogP contribution in [0.15, 0.2) is 24.3 Å². The van der Waals surface area contributed by atoms with Crippen LogP contribution in [0.25, 0.3) is 11.3 Å². The lowest BCUT2D eigenvalue weighted by molar-refractivity contribution is 0.598. The third-order valence-electron chi connectivity index (χ3n) is 2.86. The lowest BCUT2D eigenvalue weighted by Gasteiger charge is -2.10. The maximum absolute atomic E-state index is 14.1. The second-order valence-corrected chi connectivity index (χ2v) is 6.21. The summed E-state index contributed by atoms with van der Waals surface area (Å²) in [6.07, 6.45) is 0.842. The molecule has 0 amide bonds. The van der Waals surface area contributed by atoms with Gasteiger partial charge in [0, 0.05) is 18.7 Å². The zero-order chi connectivity index (χ0) is 15.8. The molecule has 0 aliphatic carbocycles. The van der Waals surface area contributed by atoms with Gasteiger partial charge < -0.3 is 4.57 Å². The Bertz CT molecular complexity index is 851. The molecular weight excluding hydrogens is 300 g/mol. The third kappa shape index (κ3) is 3.03. The fourth-order valence-electron chi connectivity index (χ4n) is 1.92. The predicted octanol–water partition coefficient (Wildman–Crippen LogP) is 2.21. The summed E-state index contributed by atoms with van der Waals surface area (Å²) in [5.74, 6) is -1.70. The molecule has 0 unspecified atom stereocenters. The number of sulfonamides is 1. The van der Waals surface area contributed by atoms with Crippen molar-refractivity contribution in [3.63, 3.8) is 0 Å². The van der Waals surface area contributed by atoms with E-state index in [0.717, 1.165) is 18.4 Å². The number of hydrogen-bond acceptors (Lipinski definition) is 3. The van der Waals surface area contributed by atoms with Crippen molar-refractivity contribution >= 4 is 15.7 Å². The van der Waals surface area contributed by atoms with Gasteiger partial charge in [-0.3, -0.25) is 4.72 Å². The van der Waals surface area contributed by atoms with Crippen molar-refractivity contribution in [1.29, 1.82) is 5.26 Å². The molecule has 0 saturated carbocycles. The highest BCUT2D eigenvalue weighted by Crippen LogP contribution is 2.29. The van der Waals surface area contributed by atoms with E-state index in [1.807, 2.05) is 10.8 Å². The quantitative estimate of drug-likeness (QED) is 0.944. The molecule has 0 aliphatic heterocycles. The Labute approximate surface area is 120 Å². The van der Waals surface area contributed by atoms with Crippen LogP contribution in [-0.4, -0.2) is 19.2 Å². The number of nitrogens with one attached hydrogen (secondary N) is 1. The molecule has 0 fully saturated rings. The van der Waals surface area contributed by atoms with E-state index < -0.39 is 27.3 Å². The molecular formula is C13H11F2N3O2S. The van der Waals surface area contributed by atoms with Gasteiger partial charge in [0.15, 0.2) is 0 Å². The summed E-state index contributed by atoms with van der Waals surface area (Å²) < 4.78 is 53.5. The van der Waals surface area contributed by atoms with Crippen molar-refractivity contribution in [3.8, 4) is 17.3 Å². The van der Waals surface area contributed by atoms with Crippen molar-refractivity contribution in [2.45, 2.75) is 0 Å². The molecule has 0 spiro atoms. The highest BCUT2D eigenvalue weighted by molar-refractivity contribution is 7.92. The average Bonchev–Trinajstić information content (AvgIpc) is 2.73. The van der Waals surface area contributed by atoms with E-state index in [1.165, 1.54) is 16.7 Å². The first kappa shape index (κ1) is 15.0. The minimum atomic E-state index is -3.71. The predicted molar refractivity (Wildman–Crippen MR) is 73.9 cm³/mol. The monoisotopic (exact) mass is 311 g/mol. The van der Waals surface area contributed by atoms with Gasteiger partial charge in [-0.05, 0) is 18.2 Å². The summed E-state index contributed by atoms with van der Waals surface area (Å²) in [4.78, 5) is 0. The van der Waals surface area contributed by atoms with Gasteiger partial charge in [-0.1, -0.05) is 0 Å². The van der Waals surface area contributed by atoms with Crippen LogP contribution in [0.3, 0.4) is 0 Å². The van der Waals surface area contributed by atoms with Crippen LogP contribution in [0, 0.1) is 23.0 Å². The number of halogens is 2. The molecule has 1 N–H and O–H groups in total. The SMILES string of the molecule is Cn1c(C#N)ccc1-c1cc(F)c(NS(C)(=O)=O)cc1F. The molecule has 0 aliphatic rings. The molecule has 8 heteroatoms. The Morgan fingerprint density at radius 3 is 2.43 bits per heavy atom. The van der Waals surface area contributed by atoms with E-state index in [-0.39, 0.29) is 5.56 Å². The molecule has 110 valence electrons. The van der Waals surface area contributed by atoms with Crippen molar-refractivity contribution in [1.82, 2.24) is 4.57 Å². The van der Waals surface area contributed by atoms with Gasteiger partial charge in [0.1, 0.15) is 23.4 Å². The smallest absolute Gasteiger partial charge is 0.229 e. The molecule has 2 rings (SSSR count). The number of nitrogens with zero attached hydrogens (tertiary/aromatic N) is 2. The minimum Gasteiger partial charge on any atom is -0.335 e. The standard InChI is InChI=1S/C13H11F2N3O2S/c1-18-8(7-16)3-4-13(18)9-5-11(15)12(6-10(9)14)17-21(2,19)20/h3-6,17H,1-2H3. The number of anilines is 1. The first-order valence-corrected chi connectivity index (χ1v) is 7.65. The van der Waals surface area contributed by atoms with Crippen LogP contribution in [0.4, 0.5) is 14.5 Å². The van der Waals surface area contributed by atoms with Crippen LogP contribution in [-0.2, 0) is 17.1 Å². The normalized spacial score (nSPS) is 11.2. The number of benzene rings is 1. The second kappa shape index (κ2) is 5.18. The van der Waals surface area contributed by atoms with Gasteiger partial charge in [-0.2, -0.15) is 5.26 Å². The molecule has 0 bridgehead atoms. The van der Waals surface area contributed by atoms with E-state index >= 15 is 0 Å². The first-order valence-electron chi connectivity index (χ1n) is 5.76. The van der Waals surface area contributed by atoms with E-state index in [1.54, 1.807) is 7.05 Å². The van der Waals surface area contributed by atoms with Crippen LogP contribution in [0.5, 0.6) is 0 Å². The Morgan fingerprint density at radius 1 is 1.24 bits per heavy atom. The molecule has 0 saturated heterocycles. The summed E-state index contributed by atoms with van der Waals surface area (Å²) in [5.41, 5.74) is 0.0843. The van der Waals surface area contributed by atoms with Crippen molar-refractivity contribution in [3.05, 3.63) is 41.6 Å². The third-order valence-corrected chi connectivity index (χ3v) is 3.46. The average molecular weight is 311 g/mol. The summed E-state index contributed by atoms with van der Waals surface area (Å²) in [6.45, 7) is 0. The van der Waals surface area contributed by atoms with Gasteiger partial charge >= 0.3 is 0 Å². The Hall–Kier alpha value is -2.40. The maximum Gasteiger partial charge on any atom is 0.229 e. The van der Waals surface area contributed by atoms with Crippen molar-refractivity contribution in [2.75, 3.05) is 11.0 Å². The van der Waals surface area contributed by atoms with Crippen LogP contribution in [0.1, 0.15) is 5.69 Å². The molecule has 0 radical (unpaired) electrons. The molecule has 1 heterocycles. The summed E-state index contributed by atoms with van der Waals surface area (Å²) in [7, 11) is -2.16. The lowest BCUT2D eigenvalue weighted by Crippen LogP contribution is -2.11. The van der Waals surface area contributed by atoms with Crippen molar-refractivity contribution in [2.24, 2.45) is 7.05 Å². The molecule has 0 atom stereocenters. The Balaban J connectivity index is 2.55. The number of aromatic nitrogens is 1. The Kier molecular flexibility index (Phi) is 3.70. The number of hydrogen-bond donors (Lipinski definition) is 1. The van der Waals surface area contributed by atoms with Gasteiger partial charge in [0.25, 0.3) is 0 Å². The van der Waals surface area contributed by atoms with E-state index in [2.05, 4.69) is 0 Å². The molecule has 5 nitrogen and oxygen atoms in total. The van der Waals surface area contributed by atoms with Crippen LogP contribution in [0.2, 0.25) is 0 Å². The van der Waals surface area contributed by atoms with Crippen molar-refractivity contribution < 1.29 is 17.2 Å². The van der Waals surface area contributed by atoms with Gasteiger partial charge in [0.2, 0.25) is 10.0 Å². The van der Waals surface area contributed by atoms with Gasteiger partial charge in [-0.15, -0.1) is 0 Å². The zero-order valence-electron chi connectivity index (χ0n) is 11.2. The summed E-state index contributed by atoms with van der Waals surface area (Å²) >= 11 is 0. The van der Waals surface area contributed by atoms with E-state index in [9.17, 15) is 17.2 Å². The summed E-state index contributed by atoms with van der Waals surface area (Å²) in [6, 6.07) is 6.54. The van der Waals surface area contributed by atoms with Crippen LogP contribution >= 0.6 is 0 Å². The fourth-order valence-corrected chi connectivity index (χ4v) is 2.47. The van der Waals surface area contributed by atoms with E-state index in [0.29, 0.717) is 11.4 Å². The lowest BCUT2D eigenvalue weighted by atomic mass is 10.1. The number of rotatable bonds is 3. The minimum absolute atomic E-state index is 0.0597. The fraction of sp³-hybridized carbons (Fsp3) is 0.154. The highest BCUT2D eigenvalue weighted by Gasteiger charge is 2.16. The van der Waals surface area contributed by atoms with Gasteiger partial charge in [0.05, 0.1) is 17.6 Å². The second-order valence-electron chi connectivity index (χ2n) is 4.46. The maximum atomic E-state index is 14.1. The van der Waals surface area contributed by atoms with E-state index in [4.69, 9.17) is 5.26 Å². The summed E-state index contributed by atoms with van der Waals surface area (Å²) in [5, 5.41) is 8.86. The molecule has 1 aromatic carbocycles. The first-order chi connectivity index (χ1) is 9.73. The molecule has 2 aromatic rings. The largest absolute Gasteiger partial charge is 0.335 e. The van der Waals surface area contributed by atoms with Crippen LogP contribution < -0.4 is 4.72 Å². The number of nitriles is 1. The zero-order valence-corrected chi connectivity index (χ0v) is 12.0. The highest BCUT2D eigenvalue weighted by atomic mass is 32.2. The Morgan fingerprint density at radius 2 is 1.90 bits per heavy atom. The molecule has 21 heavy (non-hydrogen) atoms. The topological polar surface area (TPSA) is 74.9 Å². The molecule has 1 aromatic heterocycles. The van der Waals surface area contributed by atoms with Gasteiger partial charge in [-0.25, -0.2) is 17.2 Å².